The molecule has 0 bridgehead atoms. The fourth-order valence-corrected chi connectivity index (χ4v) is 2.64. The first-order valence-corrected chi connectivity index (χ1v) is 6.98. The highest BCUT2D eigenvalue weighted by Gasteiger charge is 2.13. The second-order valence-electron chi connectivity index (χ2n) is 5.19. The summed E-state index contributed by atoms with van der Waals surface area (Å²) in [7, 11) is 0. The van der Waals surface area contributed by atoms with E-state index in [1.807, 2.05) is 36.4 Å². The topological polar surface area (TPSA) is 55.1 Å². The Kier molecular flexibility index (Phi) is 3.52. The monoisotopic (exact) mass is 266 g/mol. The van der Waals surface area contributed by atoms with Crippen LogP contribution in [-0.2, 0) is 19.4 Å². The van der Waals surface area contributed by atoms with Gasteiger partial charge in [0.1, 0.15) is 0 Å². The molecule has 3 heteroatoms. The summed E-state index contributed by atoms with van der Waals surface area (Å²) in [4.78, 5) is 12.2. The molecule has 20 heavy (non-hydrogen) atoms. The molecule has 0 saturated heterocycles. The van der Waals surface area contributed by atoms with Gasteiger partial charge in [-0.25, -0.2) is 0 Å². The molecule has 1 aliphatic rings. The highest BCUT2D eigenvalue weighted by Crippen LogP contribution is 2.23. The van der Waals surface area contributed by atoms with E-state index in [2.05, 4.69) is 11.4 Å². The van der Waals surface area contributed by atoms with Crippen molar-refractivity contribution in [3.05, 3.63) is 64.7 Å². The van der Waals surface area contributed by atoms with Crippen molar-refractivity contribution in [1.29, 1.82) is 0 Å². The van der Waals surface area contributed by atoms with Crippen LogP contribution < -0.4 is 11.1 Å². The molecule has 0 fully saturated rings. The molecular formula is C17H18N2O. The molecule has 0 aromatic heterocycles. The maximum Gasteiger partial charge on any atom is 0.255 e. The molecule has 1 aliphatic carbocycles. The molecule has 0 spiro atoms. The molecule has 0 saturated carbocycles. The second-order valence-corrected chi connectivity index (χ2v) is 5.19. The van der Waals surface area contributed by atoms with Gasteiger partial charge in [-0.15, -0.1) is 0 Å². The Bertz CT molecular complexity index is 632. The van der Waals surface area contributed by atoms with E-state index in [1.54, 1.807) is 0 Å². The quantitative estimate of drug-likeness (QED) is 0.897. The van der Waals surface area contributed by atoms with Gasteiger partial charge >= 0.3 is 0 Å². The van der Waals surface area contributed by atoms with Gasteiger partial charge in [-0.05, 0) is 60.2 Å². The third-order valence-electron chi connectivity index (χ3n) is 3.81. The summed E-state index contributed by atoms with van der Waals surface area (Å²) in [6.45, 7) is 0.513. The van der Waals surface area contributed by atoms with Gasteiger partial charge in [0.05, 0.1) is 0 Å². The van der Waals surface area contributed by atoms with E-state index in [1.165, 1.54) is 17.5 Å². The van der Waals surface area contributed by atoms with Crippen molar-refractivity contribution < 1.29 is 4.79 Å². The van der Waals surface area contributed by atoms with Crippen LogP contribution in [0.4, 0.5) is 5.69 Å². The normalized spacial score (nSPS) is 13.1. The standard InChI is InChI=1S/C17H18N2O/c18-11-12-4-8-16(9-5-12)19-17(20)15-7-6-13-2-1-3-14(13)10-15/h4-10H,1-3,11,18H2,(H,19,20). The third kappa shape index (κ3) is 2.58. The first-order chi connectivity index (χ1) is 9.76. The summed E-state index contributed by atoms with van der Waals surface area (Å²) in [5, 5.41) is 2.92. The lowest BCUT2D eigenvalue weighted by molar-refractivity contribution is 0.102. The van der Waals surface area contributed by atoms with Crippen molar-refractivity contribution in [2.45, 2.75) is 25.8 Å². The predicted molar refractivity (Wildman–Crippen MR) is 80.8 cm³/mol. The number of fused-ring (bicyclic) bond motifs is 1. The lowest BCUT2D eigenvalue weighted by Gasteiger charge is -2.07. The van der Waals surface area contributed by atoms with Crippen LogP contribution in [0.15, 0.2) is 42.5 Å². The Morgan fingerprint density at radius 3 is 2.55 bits per heavy atom. The molecule has 2 aromatic carbocycles. The van der Waals surface area contributed by atoms with Crippen LogP contribution in [0.1, 0.15) is 33.5 Å². The Labute approximate surface area is 118 Å². The zero-order chi connectivity index (χ0) is 13.9. The molecule has 1 amide bonds. The minimum Gasteiger partial charge on any atom is -0.326 e. The Hall–Kier alpha value is -2.13. The summed E-state index contributed by atoms with van der Waals surface area (Å²) in [5.74, 6) is -0.0554. The van der Waals surface area contributed by atoms with Crippen molar-refractivity contribution in [3.63, 3.8) is 0 Å². The number of nitrogens with one attached hydrogen (secondary N) is 1. The maximum absolute atomic E-state index is 12.2. The van der Waals surface area contributed by atoms with E-state index in [0.29, 0.717) is 6.54 Å². The van der Waals surface area contributed by atoms with E-state index in [9.17, 15) is 4.79 Å². The molecule has 0 unspecified atom stereocenters. The molecule has 2 aromatic rings. The van der Waals surface area contributed by atoms with Gasteiger partial charge < -0.3 is 11.1 Å². The predicted octanol–water partition coefficient (Wildman–Crippen LogP) is 2.89. The van der Waals surface area contributed by atoms with Gasteiger partial charge in [0.25, 0.3) is 5.91 Å². The summed E-state index contributed by atoms with van der Waals surface area (Å²) < 4.78 is 0. The fraction of sp³-hybridized carbons (Fsp3) is 0.235. The number of hydrogen-bond donors (Lipinski definition) is 2. The van der Waals surface area contributed by atoms with E-state index >= 15 is 0 Å². The molecule has 102 valence electrons. The molecule has 0 heterocycles. The van der Waals surface area contributed by atoms with Crippen LogP contribution in [0.2, 0.25) is 0 Å². The minimum absolute atomic E-state index is 0.0554. The van der Waals surface area contributed by atoms with Crippen LogP contribution in [0.25, 0.3) is 0 Å². The number of nitrogens with two attached hydrogens (primary N) is 1. The lowest BCUT2D eigenvalue weighted by Crippen LogP contribution is -2.12. The molecule has 3 nitrogen and oxygen atoms in total. The number of aryl methyl sites for hydroxylation is 2. The third-order valence-corrected chi connectivity index (χ3v) is 3.81. The highest BCUT2D eigenvalue weighted by molar-refractivity contribution is 6.04. The average Bonchev–Trinajstić information content (AvgIpc) is 2.95. The lowest BCUT2D eigenvalue weighted by atomic mass is 10.1. The summed E-state index contributed by atoms with van der Waals surface area (Å²) in [5.41, 5.74) is 10.8. The molecule has 3 rings (SSSR count). The van der Waals surface area contributed by atoms with Crippen LogP contribution in [-0.4, -0.2) is 5.91 Å². The van der Waals surface area contributed by atoms with Crippen LogP contribution >= 0.6 is 0 Å². The van der Waals surface area contributed by atoms with Gasteiger partial charge in [-0.3, -0.25) is 4.79 Å². The van der Waals surface area contributed by atoms with E-state index in [0.717, 1.165) is 29.7 Å². The van der Waals surface area contributed by atoms with Crippen molar-refractivity contribution >= 4 is 11.6 Å². The molecule has 3 N–H and O–H groups in total. The zero-order valence-electron chi connectivity index (χ0n) is 11.4. The Morgan fingerprint density at radius 1 is 1.05 bits per heavy atom. The van der Waals surface area contributed by atoms with Gasteiger partial charge in [-0.2, -0.15) is 0 Å². The summed E-state index contributed by atoms with van der Waals surface area (Å²) in [6.07, 6.45) is 3.42. The molecular weight excluding hydrogens is 248 g/mol. The van der Waals surface area contributed by atoms with Crippen molar-refractivity contribution in [1.82, 2.24) is 0 Å². The van der Waals surface area contributed by atoms with E-state index in [4.69, 9.17) is 5.73 Å². The zero-order valence-corrected chi connectivity index (χ0v) is 11.4. The Balaban J connectivity index is 1.75. The number of carbonyl (C=O) groups excluding carboxylic acids is 1. The first kappa shape index (κ1) is 12.9. The second kappa shape index (κ2) is 5.47. The first-order valence-electron chi connectivity index (χ1n) is 6.98. The number of hydrogen-bond acceptors (Lipinski definition) is 2. The molecule has 0 aliphatic heterocycles. The smallest absolute Gasteiger partial charge is 0.255 e. The summed E-state index contributed by atoms with van der Waals surface area (Å²) >= 11 is 0. The number of benzene rings is 2. The van der Waals surface area contributed by atoms with Crippen molar-refractivity contribution in [2.75, 3.05) is 5.32 Å². The SMILES string of the molecule is NCc1ccc(NC(=O)c2ccc3c(c2)CCC3)cc1. The van der Waals surface area contributed by atoms with E-state index in [-0.39, 0.29) is 5.91 Å². The van der Waals surface area contributed by atoms with Gasteiger partial charge in [0.15, 0.2) is 0 Å². The Morgan fingerprint density at radius 2 is 1.80 bits per heavy atom. The maximum atomic E-state index is 12.2. The van der Waals surface area contributed by atoms with Crippen LogP contribution in [0.5, 0.6) is 0 Å². The van der Waals surface area contributed by atoms with Gasteiger partial charge in [-0.1, -0.05) is 18.2 Å². The number of carbonyl (C=O) groups is 1. The highest BCUT2D eigenvalue weighted by atomic mass is 16.1. The molecule has 0 radical (unpaired) electrons. The van der Waals surface area contributed by atoms with Crippen molar-refractivity contribution in [2.24, 2.45) is 5.73 Å². The van der Waals surface area contributed by atoms with E-state index < -0.39 is 0 Å². The minimum atomic E-state index is -0.0554. The van der Waals surface area contributed by atoms with Gasteiger partial charge in [0, 0.05) is 17.8 Å². The van der Waals surface area contributed by atoms with Crippen LogP contribution in [0.3, 0.4) is 0 Å². The summed E-state index contributed by atoms with van der Waals surface area (Å²) in [6, 6.07) is 13.6. The number of anilines is 1. The van der Waals surface area contributed by atoms with Crippen molar-refractivity contribution in [3.8, 4) is 0 Å². The largest absolute Gasteiger partial charge is 0.326 e. The average molecular weight is 266 g/mol. The van der Waals surface area contributed by atoms with Gasteiger partial charge in [0.2, 0.25) is 0 Å². The van der Waals surface area contributed by atoms with Crippen LogP contribution in [0, 0.1) is 0 Å². The molecule has 0 atom stereocenters. The number of rotatable bonds is 3. The fourth-order valence-electron chi connectivity index (χ4n) is 2.64. The number of amides is 1.